The maximum absolute atomic E-state index is 11.9. The summed E-state index contributed by atoms with van der Waals surface area (Å²) in [6.45, 7) is 3.61. The Labute approximate surface area is 93.4 Å². The molecule has 1 aliphatic heterocycles. The second-order valence-corrected chi connectivity index (χ2v) is 4.04. The molecule has 2 heterocycles. The number of rotatable bonds is 3. The maximum Gasteiger partial charge on any atom is 0.224 e. The van der Waals surface area contributed by atoms with E-state index in [-0.39, 0.29) is 17.9 Å². The predicted octanol–water partition coefficient (Wildman–Crippen LogP) is -0.623. The van der Waals surface area contributed by atoms with Crippen LogP contribution in [0.5, 0.6) is 0 Å². The zero-order valence-electron chi connectivity index (χ0n) is 9.23. The summed E-state index contributed by atoms with van der Waals surface area (Å²) in [7, 11) is 0. The number of carbonyl (C=O) groups is 1. The molecule has 0 radical (unpaired) electrons. The van der Waals surface area contributed by atoms with Gasteiger partial charge in [0.25, 0.3) is 0 Å². The van der Waals surface area contributed by atoms with Crippen LogP contribution in [0.15, 0.2) is 0 Å². The third kappa shape index (κ3) is 2.54. The fourth-order valence-corrected chi connectivity index (χ4v) is 1.82. The van der Waals surface area contributed by atoms with Gasteiger partial charge in [-0.3, -0.25) is 4.79 Å². The van der Waals surface area contributed by atoms with Crippen LogP contribution in [0.25, 0.3) is 0 Å². The fraction of sp³-hybridized carbons (Fsp3) is 0.778. The number of nitrogens with one attached hydrogen (secondary N) is 3. The number of amides is 1. The van der Waals surface area contributed by atoms with Gasteiger partial charge in [0.1, 0.15) is 0 Å². The summed E-state index contributed by atoms with van der Waals surface area (Å²) in [5.74, 6) is 0.629. The van der Waals surface area contributed by atoms with Crippen molar-refractivity contribution in [2.75, 3.05) is 13.1 Å². The Morgan fingerprint density at radius 2 is 2.50 bits per heavy atom. The largest absolute Gasteiger partial charge is 0.346 e. The van der Waals surface area contributed by atoms with Crippen molar-refractivity contribution in [3.63, 3.8) is 0 Å². The SMILES string of the molecule is CC(NC(=O)C1CCCNC1)c1nn[nH]n1. The lowest BCUT2D eigenvalue weighted by Gasteiger charge is -2.23. The monoisotopic (exact) mass is 224 g/mol. The number of hydrogen-bond acceptors (Lipinski definition) is 5. The molecule has 1 saturated heterocycles. The third-order valence-corrected chi connectivity index (χ3v) is 2.78. The molecule has 88 valence electrons. The van der Waals surface area contributed by atoms with Crippen LogP contribution in [0.1, 0.15) is 31.6 Å². The van der Waals surface area contributed by atoms with Gasteiger partial charge in [-0.15, -0.1) is 10.2 Å². The van der Waals surface area contributed by atoms with Crippen molar-refractivity contribution in [3.8, 4) is 0 Å². The molecule has 1 aromatic rings. The molecule has 7 nitrogen and oxygen atoms in total. The molecule has 1 amide bonds. The Balaban J connectivity index is 1.86. The summed E-state index contributed by atoms with van der Waals surface area (Å²) < 4.78 is 0. The Morgan fingerprint density at radius 1 is 1.62 bits per heavy atom. The minimum atomic E-state index is -0.201. The Kier molecular flexibility index (Phi) is 3.45. The van der Waals surface area contributed by atoms with E-state index in [0.717, 1.165) is 25.9 Å². The van der Waals surface area contributed by atoms with E-state index < -0.39 is 0 Å². The van der Waals surface area contributed by atoms with Gasteiger partial charge in [-0.25, -0.2) is 0 Å². The normalized spacial score (nSPS) is 22.7. The van der Waals surface area contributed by atoms with Gasteiger partial charge in [-0.1, -0.05) is 5.21 Å². The standard InChI is InChI=1S/C9H16N6O/c1-6(8-12-14-15-13-8)11-9(16)7-3-2-4-10-5-7/h6-7,10H,2-5H2,1H3,(H,11,16)(H,12,13,14,15). The topological polar surface area (TPSA) is 95.6 Å². The highest BCUT2D eigenvalue weighted by Gasteiger charge is 2.23. The van der Waals surface area contributed by atoms with E-state index in [1.807, 2.05) is 6.92 Å². The average Bonchev–Trinajstić information content (AvgIpc) is 2.83. The summed E-state index contributed by atoms with van der Waals surface area (Å²) in [5, 5.41) is 19.6. The lowest BCUT2D eigenvalue weighted by atomic mass is 9.98. The zero-order chi connectivity index (χ0) is 11.4. The maximum atomic E-state index is 11.9. The molecule has 0 bridgehead atoms. The van der Waals surface area contributed by atoms with Gasteiger partial charge in [-0.05, 0) is 26.3 Å². The highest BCUT2D eigenvalue weighted by atomic mass is 16.2. The van der Waals surface area contributed by atoms with Crippen LogP contribution in [0.2, 0.25) is 0 Å². The van der Waals surface area contributed by atoms with E-state index in [0.29, 0.717) is 5.82 Å². The van der Waals surface area contributed by atoms with Gasteiger partial charge in [0.05, 0.1) is 12.0 Å². The van der Waals surface area contributed by atoms with Crippen LogP contribution in [0.3, 0.4) is 0 Å². The Hall–Kier alpha value is -1.50. The van der Waals surface area contributed by atoms with E-state index in [4.69, 9.17) is 0 Å². The van der Waals surface area contributed by atoms with Crippen LogP contribution in [-0.2, 0) is 4.79 Å². The Morgan fingerprint density at radius 3 is 3.12 bits per heavy atom. The number of tetrazole rings is 1. The number of nitrogens with zero attached hydrogens (tertiary/aromatic N) is 3. The van der Waals surface area contributed by atoms with E-state index in [1.165, 1.54) is 0 Å². The van der Waals surface area contributed by atoms with Gasteiger partial charge in [0, 0.05) is 6.54 Å². The molecule has 1 aliphatic rings. The number of aromatic amines is 1. The van der Waals surface area contributed by atoms with Crippen LogP contribution in [0, 0.1) is 5.92 Å². The first kappa shape index (κ1) is 11.0. The number of aromatic nitrogens is 4. The smallest absolute Gasteiger partial charge is 0.224 e. The molecule has 0 aromatic carbocycles. The van der Waals surface area contributed by atoms with E-state index in [9.17, 15) is 4.79 Å². The van der Waals surface area contributed by atoms with Crippen molar-refractivity contribution < 1.29 is 4.79 Å². The van der Waals surface area contributed by atoms with Crippen LogP contribution in [0.4, 0.5) is 0 Å². The van der Waals surface area contributed by atoms with Gasteiger partial charge < -0.3 is 10.6 Å². The summed E-state index contributed by atoms with van der Waals surface area (Å²) in [5.41, 5.74) is 0. The highest BCUT2D eigenvalue weighted by molar-refractivity contribution is 5.79. The number of H-pyrrole nitrogens is 1. The molecule has 1 fully saturated rings. The first-order chi connectivity index (χ1) is 7.77. The predicted molar refractivity (Wildman–Crippen MR) is 56.3 cm³/mol. The molecular weight excluding hydrogens is 208 g/mol. The highest BCUT2D eigenvalue weighted by Crippen LogP contribution is 2.12. The van der Waals surface area contributed by atoms with Crippen molar-refractivity contribution in [1.82, 2.24) is 31.3 Å². The lowest BCUT2D eigenvalue weighted by molar-refractivity contribution is -0.126. The molecule has 2 rings (SSSR count). The summed E-state index contributed by atoms with van der Waals surface area (Å²) in [6.07, 6.45) is 1.99. The second-order valence-electron chi connectivity index (χ2n) is 4.04. The number of piperidine rings is 1. The lowest BCUT2D eigenvalue weighted by Crippen LogP contribution is -2.41. The molecular formula is C9H16N6O. The molecule has 16 heavy (non-hydrogen) atoms. The number of carbonyl (C=O) groups excluding carboxylic acids is 1. The summed E-state index contributed by atoms with van der Waals surface area (Å²) in [4.78, 5) is 11.9. The van der Waals surface area contributed by atoms with E-state index >= 15 is 0 Å². The van der Waals surface area contributed by atoms with E-state index in [1.54, 1.807) is 0 Å². The summed E-state index contributed by atoms with van der Waals surface area (Å²) >= 11 is 0. The van der Waals surface area contributed by atoms with Crippen molar-refractivity contribution in [2.24, 2.45) is 5.92 Å². The molecule has 2 unspecified atom stereocenters. The van der Waals surface area contributed by atoms with Crippen LogP contribution in [-0.4, -0.2) is 39.6 Å². The second kappa shape index (κ2) is 5.02. The van der Waals surface area contributed by atoms with Crippen molar-refractivity contribution in [1.29, 1.82) is 0 Å². The van der Waals surface area contributed by atoms with Gasteiger partial charge in [-0.2, -0.15) is 5.21 Å². The zero-order valence-corrected chi connectivity index (χ0v) is 9.23. The molecule has 0 spiro atoms. The first-order valence-electron chi connectivity index (χ1n) is 5.52. The quantitative estimate of drug-likeness (QED) is 0.635. The minimum absolute atomic E-state index is 0.0584. The van der Waals surface area contributed by atoms with Crippen molar-refractivity contribution in [2.45, 2.75) is 25.8 Å². The Bertz CT molecular complexity index is 332. The number of hydrogen-bond donors (Lipinski definition) is 3. The third-order valence-electron chi connectivity index (χ3n) is 2.78. The van der Waals surface area contributed by atoms with Gasteiger partial charge >= 0.3 is 0 Å². The van der Waals surface area contributed by atoms with Crippen molar-refractivity contribution >= 4 is 5.91 Å². The molecule has 0 saturated carbocycles. The molecule has 2 atom stereocenters. The van der Waals surface area contributed by atoms with Gasteiger partial charge in [0.2, 0.25) is 5.91 Å². The first-order valence-corrected chi connectivity index (χ1v) is 5.52. The summed E-state index contributed by atoms with van der Waals surface area (Å²) in [6, 6.07) is -0.201. The van der Waals surface area contributed by atoms with Gasteiger partial charge in [0.15, 0.2) is 5.82 Å². The molecule has 0 aliphatic carbocycles. The molecule has 7 heteroatoms. The van der Waals surface area contributed by atoms with Crippen LogP contribution < -0.4 is 10.6 Å². The molecule has 3 N–H and O–H groups in total. The molecule has 1 aromatic heterocycles. The van der Waals surface area contributed by atoms with Crippen molar-refractivity contribution in [3.05, 3.63) is 5.82 Å². The van der Waals surface area contributed by atoms with Crippen LogP contribution >= 0.6 is 0 Å². The fourth-order valence-electron chi connectivity index (χ4n) is 1.82. The van der Waals surface area contributed by atoms with E-state index in [2.05, 4.69) is 31.3 Å². The average molecular weight is 224 g/mol. The minimum Gasteiger partial charge on any atom is -0.346 e.